The van der Waals surface area contributed by atoms with Crippen molar-refractivity contribution < 1.29 is 13.9 Å². The highest BCUT2D eigenvalue weighted by molar-refractivity contribution is 7.80. The highest BCUT2D eigenvalue weighted by atomic mass is 32.1. The van der Waals surface area contributed by atoms with Gasteiger partial charge in [-0.25, -0.2) is 0 Å². The van der Waals surface area contributed by atoms with Crippen molar-refractivity contribution in [2.45, 2.75) is 11.7 Å². The molecule has 3 rings (SSSR count). The van der Waals surface area contributed by atoms with Gasteiger partial charge in [-0.1, -0.05) is 12.1 Å². The molecule has 0 spiro atoms. The monoisotopic (exact) mass is 314 g/mol. The second-order valence-electron chi connectivity index (χ2n) is 4.74. The van der Waals surface area contributed by atoms with Gasteiger partial charge >= 0.3 is 0 Å². The molecule has 0 radical (unpaired) electrons. The summed E-state index contributed by atoms with van der Waals surface area (Å²) < 4.78 is 16.2. The van der Waals surface area contributed by atoms with Crippen molar-refractivity contribution in [3.05, 3.63) is 64.3 Å². The number of fused-ring (bicyclic) bond motifs is 1. The van der Waals surface area contributed by atoms with Gasteiger partial charge in [-0.15, -0.1) is 12.6 Å². The van der Waals surface area contributed by atoms with Gasteiger partial charge in [-0.05, 0) is 35.9 Å². The molecule has 22 heavy (non-hydrogen) atoms. The van der Waals surface area contributed by atoms with E-state index in [9.17, 15) is 4.79 Å². The van der Waals surface area contributed by atoms with Crippen LogP contribution in [-0.4, -0.2) is 7.11 Å². The van der Waals surface area contributed by atoms with Crippen molar-refractivity contribution in [3.8, 4) is 11.5 Å². The van der Waals surface area contributed by atoms with Crippen LogP contribution in [0.2, 0.25) is 0 Å². The maximum absolute atomic E-state index is 11.9. The molecule has 1 heterocycles. The molecule has 1 aromatic heterocycles. The van der Waals surface area contributed by atoms with Crippen LogP contribution in [0.3, 0.4) is 0 Å². The molecule has 0 aliphatic heterocycles. The number of hydrogen-bond donors (Lipinski definition) is 1. The van der Waals surface area contributed by atoms with Crippen molar-refractivity contribution in [1.29, 1.82) is 0 Å². The van der Waals surface area contributed by atoms with E-state index >= 15 is 0 Å². The summed E-state index contributed by atoms with van der Waals surface area (Å²) in [6, 6.07) is 14.1. The number of rotatable bonds is 4. The zero-order valence-electron chi connectivity index (χ0n) is 11.9. The Bertz CT molecular complexity index is 853. The molecule has 0 amide bonds. The van der Waals surface area contributed by atoms with Crippen LogP contribution in [0.4, 0.5) is 0 Å². The third-order valence-electron chi connectivity index (χ3n) is 3.25. The van der Waals surface area contributed by atoms with E-state index in [1.54, 1.807) is 25.3 Å². The summed E-state index contributed by atoms with van der Waals surface area (Å²) in [5.41, 5.74) is 1.37. The molecule has 4 nitrogen and oxygen atoms in total. The Hall–Kier alpha value is -2.40. The molecule has 0 fully saturated rings. The minimum absolute atomic E-state index is 0.138. The van der Waals surface area contributed by atoms with Gasteiger partial charge in [0.05, 0.1) is 12.5 Å². The van der Waals surface area contributed by atoms with Crippen molar-refractivity contribution in [2.75, 3.05) is 7.11 Å². The van der Waals surface area contributed by atoms with Crippen molar-refractivity contribution in [2.24, 2.45) is 0 Å². The van der Waals surface area contributed by atoms with Gasteiger partial charge in [-0.2, -0.15) is 0 Å². The first-order valence-corrected chi connectivity index (χ1v) is 7.13. The van der Waals surface area contributed by atoms with Crippen LogP contribution in [0.1, 0.15) is 5.56 Å². The summed E-state index contributed by atoms with van der Waals surface area (Å²) in [6.45, 7) is 0.408. The fourth-order valence-corrected chi connectivity index (χ4v) is 2.32. The molecule has 0 aliphatic carbocycles. The maximum atomic E-state index is 11.9. The van der Waals surface area contributed by atoms with Crippen molar-refractivity contribution in [1.82, 2.24) is 0 Å². The van der Waals surface area contributed by atoms with E-state index < -0.39 is 0 Å². The number of thiol groups is 1. The summed E-state index contributed by atoms with van der Waals surface area (Å²) in [4.78, 5) is 11.9. The lowest BCUT2D eigenvalue weighted by Gasteiger charge is -2.08. The average Bonchev–Trinajstić information content (AvgIpc) is 2.53. The van der Waals surface area contributed by atoms with Crippen LogP contribution in [-0.2, 0) is 6.61 Å². The molecular formula is C17H14O4S. The fourth-order valence-electron chi connectivity index (χ4n) is 2.10. The highest BCUT2D eigenvalue weighted by Crippen LogP contribution is 2.21. The predicted molar refractivity (Wildman–Crippen MR) is 87.1 cm³/mol. The fraction of sp³-hybridized carbons (Fsp3) is 0.118. The molecule has 0 saturated heterocycles. The van der Waals surface area contributed by atoms with Gasteiger partial charge < -0.3 is 13.9 Å². The van der Waals surface area contributed by atoms with Crippen LogP contribution in [0.15, 0.2) is 62.8 Å². The lowest BCUT2D eigenvalue weighted by atomic mass is 10.2. The molecule has 112 valence electrons. The lowest BCUT2D eigenvalue weighted by molar-refractivity contribution is 0.306. The Labute approximate surface area is 132 Å². The van der Waals surface area contributed by atoms with E-state index in [2.05, 4.69) is 12.6 Å². The van der Waals surface area contributed by atoms with Crippen LogP contribution in [0.5, 0.6) is 11.5 Å². The molecular weight excluding hydrogens is 300 g/mol. The highest BCUT2D eigenvalue weighted by Gasteiger charge is 2.05. The Morgan fingerprint density at radius 3 is 2.50 bits per heavy atom. The van der Waals surface area contributed by atoms with Gasteiger partial charge in [0.2, 0.25) is 0 Å². The SMILES string of the molecule is COc1ccc(COc2ccc3oc(S)cc(=O)c3c2)cc1. The lowest BCUT2D eigenvalue weighted by Crippen LogP contribution is -2.01. The third kappa shape index (κ3) is 3.09. The molecule has 0 aliphatic rings. The van der Waals surface area contributed by atoms with E-state index in [-0.39, 0.29) is 5.43 Å². The minimum Gasteiger partial charge on any atom is -0.497 e. The Kier molecular flexibility index (Phi) is 4.06. The molecule has 2 aromatic carbocycles. The van der Waals surface area contributed by atoms with Crippen LogP contribution >= 0.6 is 12.6 Å². The molecule has 0 N–H and O–H groups in total. The predicted octanol–water partition coefficient (Wildman–Crippen LogP) is 3.67. The zero-order chi connectivity index (χ0) is 15.5. The first kappa shape index (κ1) is 14.5. The molecule has 5 heteroatoms. The molecule has 0 unspecified atom stereocenters. The topological polar surface area (TPSA) is 48.7 Å². The molecule has 0 saturated carbocycles. The van der Waals surface area contributed by atoms with E-state index in [0.29, 0.717) is 28.4 Å². The average molecular weight is 314 g/mol. The summed E-state index contributed by atoms with van der Waals surface area (Å²) in [6.07, 6.45) is 0. The first-order valence-electron chi connectivity index (χ1n) is 6.68. The third-order valence-corrected chi connectivity index (χ3v) is 3.47. The van der Waals surface area contributed by atoms with Gasteiger partial charge in [0.25, 0.3) is 0 Å². The van der Waals surface area contributed by atoms with E-state index in [1.807, 2.05) is 24.3 Å². The van der Waals surface area contributed by atoms with Gasteiger partial charge in [0.15, 0.2) is 10.5 Å². The maximum Gasteiger partial charge on any atom is 0.193 e. The first-order chi connectivity index (χ1) is 10.7. The Balaban J connectivity index is 1.80. The van der Waals surface area contributed by atoms with Gasteiger partial charge in [0, 0.05) is 6.07 Å². The summed E-state index contributed by atoms with van der Waals surface area (Å²) in [5, 5.41) is 0.773. The minimum atomic E-state index is -0.138. The smallest absolute Gasteiger partial charge is 0.193 e. The zero-order valence-corrected chi connectivity index (χ0v) is 12.8. The Morgan fingerprint density at radius 2 is 1.77 bits per heavy atom. The van der Waals surface area contributed by atoms with Crippen molar-refractivity contribution in [3.63, 3.8) is 0 Å². The summed E-state index contributed by atoms with van der Waals surface area (Å²) in [7, 11) is 1.63. The second kappa shape index (κ2) is 6.15. The van der Waals surface area contributed by atoms with Gasteiger partial charge in [-0.3, -0.25) is 4.79 Å². The molecule has 0 bridgehead atoms. The van der Waals surface area contributed by atoms with E-state index in [0.717, 1.165) is 11.3 Å². The number of hydrogen-bond acceptors (Lipinski definition) is 5. The second-order valence-corrected chi connectivity index (χ2v) is 5.18. The van der Waals surface area contributed by atoms with Gasteiger partial charge in [0.1, 0.15) is 23.7 Å². The summed E-state index contributed by atoms with van der Waals surface area (Å²) >= 11 is 4.05. The quantitative estimate of drug-likeness (QED) is 0.747. The number of methoxy groups -OCH3 is 1. The van der Waals surface area contributed by atoms with E-state index in [1.165, 1.54) is 6.07 Å². The number of ether oxygens (including phenoxy) is 2. The Morgan fingerprint density at radius 1 is 1.05 bits per heavy atom. The van der Waals surface area contributed by atoms with Crippen molar-refractivity contribution >= 4 is 23.6 Å². The molecule has 0 atom stereocenters. The standard InChI is InChI=1S/C17H14O4S/c1-19-12-4-2-11(3-5-12)10-20-13-6-7-16-14(8-13)15(18)9-17(22)21-16/h2-9,22H,10H2,1H3. The van der Waals surface area contributed by atoms with Crippen LogP contribution < -0.4 is 14.9 Å². The van der Waals surface area contributed by atoms with Crippen LogP contribution in [0, 0.1) is 0 Å². The van der Waals surface area contributed by atoms with Crippen LogP contribution in [0.25, 0.3) is 11.0 Å². The normalized spacial score (nSPS) is 10.6. The summed E-state index contributed by atoms with van der Waals surface area (Å²) in [5.74, 6) is 1.41. The molecule has 3 aromatic rings. The van der Waals surface area contributed by atoms with E-state index in [4.69, 9.17) is 13.9 Å². The number of benzene rings is 2. The largest absolute Gasteiger partial charge is 0.497 e.